The molecule has 1 aromatic carbocycles. The van der Waals surface area contributed by atoms with Gasteiger partial charge in [0.25, 0.3) is 0 Å². The molecule has 20 heavy (non-hydrogen) atoms. The number of fused-ring (bicyclic) bond motifs is 2. The lowest BCUT2D eigenvalue weighted by atomic mass is 9.66. The summed E-state index contributed by atoms with van der Waals surface area (Å²) < 4.78 is 6.42. The van der Waals surface area contributed by atoms with Crippen molar-refractivity contribution in [1.82, 2.24) is 0 Å². The monoisotopic (exact) mass is 270 g/mol. The predicted molar refractivity (Wildman–Crippen MR) is 79.7 cm³/mol. The maximum absolute atomic E-state index is 11.0. The third kappa shape index (κ3) is 2.22. The second-order valence-electron chi connectivity index (χ2n) is 6.67. The second-order valence-corrected chi connectivity index (χ2v) is 6.67. The van der Waals surface area contributed by atoms with Crippen LogP contribution in [0.25, 0.3) is 0 Å². The molecule has 1 aliphatic heterocycles. The number of carbonyl (C=O) groups excluding carboxylic acids is 1. The minimum atomic E-state index is -0.0982. The smallest absolute Gasteiger partial charge is 0.150 e. The van der Waals surface area contributed by atoms with Crippen LogP contribution in [-0.2, 0) is 4.74 Å². The van der Waals surface area contributed by atoms with Crippen LogP contribution in [0.5, 0.6) is 0 Å². The molecule has 0 aromatic heterocycles. The Labute approximate surface area is 120 Å². The van der Waals surface area contributed by atoms with Crippen LogP contribution in [-0.4, -0.2) is 11.9 Å². The molecule has 1 heterocycles. The van der Waals surface area contributed by atoms with Crippen LogP contribution in [0.3, 0.4) is 0 Å². The van der Waals surface area contributed by atoms with Crippen LogP contribution in [0.4, 0.5) is 0 Å². The van der Waals surface area contributed by atoms with E-state index < -0.39 is 0 Å². The zero-order chi connectivity index (χ0) is 14.3. The molecule has 1 aromatic rings. The molecular weight excluding hydrogens is 248 g/mol. The van der Waals surface area contributed by atoms with Gasteiger partial charge >= 0.3 is 0 Å². The SMILES string of the molecule is C=C1CC[C@@H]2C[C@H]1[C@H](c1cccc(C=O)c1)OC2(C)C. The molecule has 0 radical (unpaired) electrons. The van der Waals surface area contributed by atoms with Crippen molar-refractivity contribution in [3.63, 3.8) is 0 Å². The van der Waals surface area contributed by atoms with Crippen molar-refractivity contribution < 1.29 is 9.53 Å². The van der Waals surface area contributed by atoms with Crippen molar-refractivity contribution in [2.24, 2.45) is 11.8 Å². The van der Waals surface area contributed by atoms with Crippen LogP contribution in [0.15, 0.2) is 36.4 Å². The number of rotatable bonds is 2. The molecule has 0 N–H and O–H groups in total. The Morgan fingerprint density at radius 2 is 2.20 bits per heavy atom. The highest BCUT2D eigenvalue weighted by molar-refractivity contribution is 5.75. The van der Waals surface area contributed by atoms with E-state index in [1.165, 1.54) is 12.0 Å². The van der Waals surface area contributed by atoms with Gasteiger partial charge in [-0.3, -0.25) is 4.79 Å². The summed E-state index contributed by atoms with van der Waals surface area (Å²) in [5, 5.41) is 0. The Bertz CT molecular complexity index is 544. The summed E-state index contributed by atoms with van der Waals surface area (Å²) >= 11 is 0. The molecule has 1 saturated carbocycles. The molecule has 2 fully saturated rings. The van der Waals surface area contributed by atoms with Gasteiger partial charge in [-0.1, -0.05) is 30.4 Å². The number of hydrogen-bond acceptors (Lipinski definition) is 2. The largest absolute Gasteiger partial charge is 0.367 e. The zero-order valence-corrected chi connectivity index (χ0v) is 12.3. The number of carbonyl (C=O) groups is 1. The van der Waals surface area contributed by atoms with Crippen molar-refractivity contribution in [3.8, 4) is 0 Å². The van der Waals surface area contributed by atoms with Gasteiger partial charge in [0.2, 0.25) is 0 Å². The van der Waals surface area contributed by atoms with Crippen molar-refractivity contribution in [2.45, 2.75) is 44.8 Å². The fraction of sp³-hybridized carbons (Fsp3) is 0.500. The quantitative estimate of drug-likeness (QED) is 0.591. The summed E-state index contributed by atoms with van der Waals surface area (Å²) in [5.74, 6) is 1.01. The van der Waals surface area contributed by atoms with Crippen LogP contribution in [0.2, 0.25) is 0 Å². The summed E-state index contributed by atoms with van der Waals surface area (Å²) in [4.78, 5) is 11.0. The minimum Gasteiger partial charge on any atom is -0.367 e. The van der Waals surface area contributed by atoms with Gasteiger partial charge in [0.05, 0.1) is 11.7 Å². The Hall–Kier alpha value is -1.41. The molecule has 0 spiro atoms. The van der Waals surface area contributed by atoms with Crippen molar-refractivity contribution in [2.75, 3.05) is 0 Å². The second kappa shape index (κ2) is 4.85. The van der Waals surface area contributed by atoms with Gasteiger partial charge in [0.1, 0.15) is 6.29 Å². The summed E-state index contributed by atoms with van der Waals surface area (Å²) in [7, 11) is 0. The molecule has 2 bridgehead atoms. The van der Waals surface area contributed by atoms with Crippen molar-refractivity contribution in [3.05, 3.63) is 47.5 Å². The van der Waals surface area contributed by atoms with Crippen molar-refractivity contribution in [1.29, 1.82) is 0 Å². The molecule has 2 nitrogen and oxygen atoms in total. The first-order valence-corrected chi connectivity index (χ1v) is 7.42. The number of ether oxygens (including phenoxy) is 1. The van der Waals surface area contributed by atoms with Crippen LogP contribution >= 0.6 is 0 Å². The maximum Gasteiger partial charge on any atom is 0.150 e. The molecule has 0 unspecified atom stereocenters. The van der Waals surface area contributed by atoms with E-state index >= 15 is 0 Å². The fourth-order valence-electron chi connectivity index (χ4n) is 3.72. The molecule has 1 saturated heterocycles. The standard InChI is InChI=1S/C18H22O2/c1-12-7-8-15-10-16(12)17(20-18(15,2)3)14-6-4-5-13(9-14)11-19/h4-6,9,11,15-17H,1,7-8,10H2,2-3H3/t15-,16-,17+/m1/s1. The zero-order valence-electron chi connectivity index (χ0n) is 12.3. The van der Waals surface area contributed by atoms with Gasteiger partial charge < -0.3 is 4.74 Å². The maximum atomic E-state index is 11.0. The Balaban J connectivity index is 1.97. The van der Waals surface area contributed by atoms with E-state index in [1.807, 2.05) is 18.2 Å². The van der Waals surface area contributed by atoms with E-state index in [-0.39, 0.29) is 11.7 Å². The molecule has 1 aliphatic carbocycles. The van der Waals surface area contributed by atoms with E-state index in [4.69, 9.17) is 4.74 Å². The van der Waals surface area contributed by atoms with Gasteiger partial charge in [0.15, 0.2) is 0 Å². The normalized spacial score (nSPS) is 31.9. The summed E-state index contributed by atoms with van der Waals surface area (Å²) in [6.07, 6.45) is 4.38. The lowest BCUT2D eigenvalue weighted by molar-refractivity contribution is -0.173. The van der Waals surface area contributed by atoms with E-state index in [0.29, 0.717) is 17.4 Å². The van der Waals surface area contributed by atoms with Gasteiger partial charge in [-0.15, -0.1) is 0 Å². The third-order valence-corrected chi connectivity index (χ3v) is 5.03. The summed E-state index contributed by atoms with van der Waals surface area (Å²) in [5.41, 5.74) is 3.03. The first kappa shape index (κ1) is 13.6. The Morgan fingerprint density at radius 1 is 1.40 bits per heavy atom. The average Bonchev–Trinajstić information content (AvgIpc) is 2.45. The van der Waals surface area contributed by atoms with E-state index in [9.17, 15) is 4.79 Å². The predicted octanol–water partition coefficient (Wildman–Crippen LogP) is 4.32. The van der Waals surface area contributed by atoms with Crippen LogP contribution in [0.1, 0.15) is 55.1 Å². The van der Waals surface area contributed by atoms with Gasteiger partial charge in [0, 0.05) is 11.5 Å². The minimum absolute atomic E-state index is 0.0361. The molecule has 3 atom stereocenters. The van der Waals surface area contributed by atoms with E-state index in [2.05, 4.69) is 26.5 Å². The highest BCUT2D eigenvalue weighted by atomic mass is 16.5. The average molecular weight is 270 g/mol. The third-order valence-electron chi connectivity index (χ3n) is 5.03. The van der Waals surface area contributed by atoms with Crippen molar-refractivity contribution >= 4 is 6.29 Å². The highest BCUT2D eigenvalue weighted by Gasteiger charge is 2.46. The highest BCUT2D eigenvalue weighted by Crippen LogP contribution is 2.52. The van der Waals surface area contributed by atoms with E-state index in [0.717, 1.165) is 24.7 Å². The van der Waals surface area contributed by atoms with E-state index in [1.54, 1.807) is 0 Å². The molecular formula is C18H22O2. The Morgan fingerprint density at radius 3 is 2.95 bits per heavy atom. The number of aldehydes is 1. The summed E-state index contributed by atoms with van der Waals surface area (Å²) in [6, 6.07) is 7.79. The molecule has 106 valence electrons. The number of benzene rings is 1. The molecule has 2 aliphatic rings. The van der Waals surface area contributed by atoms with Crippen LogP contribution < -0.4 is 0 Å². The van der Waals surface area contributed by atoms with Gasteiger partial charge in [-0.25, -0.2) is 0 Å². The van der Waals surface area contributed by atoms with Gasteiger partial charge in [-0.2, -0.15) is 0 Å². The lowest BCUT2D eigenvalue weighted by Gasteiger charge is -2.50. The first-order valence-electron chi connectivity index (χ1n) is 7.42. The molecule has 0 amide bonds. The summed E-state index contributed by atoms with van der Waals surface area (Å²) in [6.45, 7) is 8.64. The topological polar surface area (TPSA) is 26.3 Å². The molecule has 2 heteroatoms. The van der Waals surface area contributed by atoms with Crippen LogP contribution in [0, 0.1) is 11.8 Å². The van der Waals surface area contributed by atoms with Gasteiger partial charge in [-0.05, 0) is 50.7 Å². The lowest BCUT2D eigenvalue weighted by Crippen LogP contribution is -2.46. The molecule has 3 rings (SSSR count). The fourth-order valence-corrected chi connectivity index (χ4v) is 3.72. The Kier molecular flexibility index (Phi) is 3.29. The number of hydrogen-bond donors (Lipinski definition) is 0. The first-order chi connectivity index (χ1) is 9.51.